The highest BCUT2D eigenvalue weighted by Crippen LogP contribution is 2.21. The molecule has 8 heteroatoms. The number of hydrogen-bond donors (Lipinski definition) is 2. The lowest BCUT2D eigenvalue weighted by molar-refractivity contribution is 0.0719. The van der Waals surface area contributed by atoms with Gasteiger partial charge in [0.15, 0.2) is 0 Å². The Morgan fingerprint density at radius 1 is 0.500 bits per heavy atom. The molecule has 0 radical (unpaired) electrons. The second-order valence-corrected chi connectivity index (χ2v) is 7.86. The van der Waals surface area contributed by atoms with Crippen LogP contribution >= 0.6 is 0 Å². The van der Waals surface area contributed by atoms with Crippen molar-refractivity contribution in [2.45, 2.75) is 25.7 Å². The number of aliphatic hydroxyl groups is 2. The van der Waals surface area contributed by atoms with E-state index in [1.165, 1.54) is 0 Å². The molecule has 0 atom stereocenters. The van der Waals surface area contributed by atoms with E-state index in [9.17, 15) is 9.59 Å². The van der Waals surface area contributed by atoms with E-state index in [1.807, 2.05) is 0 Å². The first-order valence-electron chi connectivity index (χ1n) is 11.8. The Morgan fingerprint density at radius 2 is 0.833 bits per heavy atom. The van der Waals surface area contributed by atoms with Gasteiger partial charge in [0.05, 0.1) is 24.3 Å². The largest absolute Gasteiger partial charge is 0.494 e. The van der Waals surface area contributed by atoms with E-state index >= 15 is 0 Å². The molecule has 0 aliphatic rings. The van der Waals surface area contributed by atoms with Gasteiger partial charge in [-0.05, 0) is 98.5 Å². The van der Waals surface area contributed by atoms with E-state index in [1.54, 1.807) is 72.8 Å². The molecule has 3 rings (SSSR count). The van der Waals surface area contributed by atoms with Crippen LogP contribution in [0.2, 0.25) is 0 Å². The van der Waals surface area contributed by atoms with E-state index in [0.717, 1.165) is 12.8 Å². The molecule has 0 saturated carbocycles. The minimum atomic E-state index is -0.523. The predicted molar refractivity (Wildman–Crippen MR) is 133 cm³/mol. The number of esters is 2. The molecule has 0 saturated heterocycles. The third-order valence-corrected chi connectivity index (χ3v) is 5.07. The SMILES string of the molecule is O=C(Oc1ccc(OC(=O)c2ccc(OCCCCO)cc2)cc1)c1ccc(OCCCCO)cc1. The molecule has 3 aromatic rings. The summed E-state index contributed by atoms with van der Waals surface area (Å²) < 4.78 is 21.9. The number of carbonyl (C=O) groups excluding carboxylic acids is 2. The van der Waals surface area contributed by atoms with Crippen molar-refractivity contribution < 1.29 is 38.7 Å². The number of carbonyl (C=O) groups is 2. The Labute approximate surface area is 210 Å². The van der Waals surface area contributed by atoms with E-state index in [2.05, 4.69) is 0 Å². The second kappa shape index (κ2) is 14.5. The van der Waals surface area contributed by atoms with E-state index in [0.29, 0.717) is 60.2 Å². The summed E-state index contributed by atoms with van der Waals surface area (Å²) >= 11 is 0. The van der Waals surface area contributed by atoms with Gasteiger partial charge >= 0.3 is 11.9 Å². The minimum Gasteiger partial charge on any atom is -0.494 e. The summed E-state index contributed by atoms with van der Waals surface area (Å²) in [6.07, 6.45) is 2.86. The summed E-state index contributed by atoms with van der Waals surface area (Å²) in [6.45, 7) is 1.25. The number of rotatable bonds is 14. The molecule has 0 spiro atoms. The molecule has 0 heterocycles. The fourth-order valence-electron chi connectivity index (χ4n) is 3.09. The zero-order chi connectivity index (χ0) is 25.6. The smallest absolute Gasteiger partial charge is 0.343 e. The summed E-state index contributed by atoms with van der Waals surface area (Å²) in [5, 5.41) is 17.6. The Kier molecular flexibility index (Phi) is 10.8. The summed E-state index contributed by atoms with van der Waals surface area (Å²) in [5.41, 5.74) is 0.739. The number of benzene rings is 3. The Morgan fingerprint density at radius 3 is 1.17 bits per heavy atom. The molecular formula is C28H30O8. The fourth-order valence-corrected chi connectivity index (χ4v) is 3.09. The molecule has 3 aromatic carbocycles. The van der Waals surface area contributed by atoms with Crippen molar-refractivity contribution in [3.05, 3.63) is 83.9 Å². The number of ether oxygens (including phenoxy) is 4. The quantitative estimate of drug-likeness (QED) is 0.192. The molecule has 0 aliphatic carbocycles. The molecule has 0 amide bonds. The van der Waals surface area contributed by atoms with Crippen LogP contribution in [0, 0.1) is 0 Å². The van der Waals surface area contributed by atoms with Gasteiger partial charge in [-0.3, -0.25) is 0 Å². The lowest BCUT2D eigenvalue weighted by Gasteiger charge is -2.09. The summed E-state index contributed by atoms with van der Waals surface area (Å²) in [5.74, 6) is 0.848. The first-order valence-corrected chi connectivity index (χ1v) is 11.8. The molecule has 0 bridgehead atoms. The Balaban J connectivity index is 1.47. The highest BCUT2D eigenvalue weighted by Gasteiger charge is 2.11. The maximum Gasteiger partial charge on any atom is 0.343 e. The standard InChI is InChI=1S/C28H30O8/c29-17-1-3-19-33-23-9-5-21(6-10-23)27(31)35-25-13-15-26(16-14-25)36-28(32)22-7-11-24(12-8-22)34-20-4-2-18-30/h5-16,29-30H,1-4,17-20H2. The number of aliphatic hydroxyl groups excluding tert-OH is 2. The highest BCUT2D eigenvalue weighted by atomic mass is 16.5. The van der Waals surface area contributed by atoms with E-state index < -0.39 is 11.9 Å². The lowest BCUT2D eigenvalue weighted by Crippen LogP contribution is -2.10. The van der Waals surface area contributed by atoms with Crippen molar-refractivity contribution in [2.75, 3.05) is 26.4 Å². The molecule has 0 fully saturated rings. The summed E-state index contributed by atoms with van der Waals surface area (Å²) in [4.78, 5) is 24.8. The van der Waals surface area contributed by atoms with Crippen molar-refractivity contribution in [1.29, 1.82) is 0 Å². The fraction of sp³-hybridized carbons (Fsp3) is 0.286. The van der Waals surface area contributed by atoms with Gasteiger partial charge in [-0.1, -0.05) is 0 Å². The monoisotopic (exact) mass is 494 g/mol. The van der Waals surface area contributed by atoms with Crippen molar-refractivity contribution in [3.8, 4) is 23.0 Å². The van der Waals surface area contributed by atoms with Gasteiger partial charge in [0.2, 0.25) is 0 Å². The third-order valence-electron chi connectivity index (χ3n) is 5.07. The average Bonchev–Trinajstić information content (AvgIpc) is 2.91. The van der Waals surface area contributed by atoms with Gasteiger partial charge < -0.3 is 29.2 Å². The van der Waals surface area contributed by atoms with E-state index in [-0.39, 0.29) is 13.2 Å². The second-order valence-electron chi connectivity index (χ2n) is 7.86. The predicted octanol–water partition coefficient (Wildman–Crippen LogP) is 4.43. The van der Waals surface area contributed by atoms with Crippen LogP contribution in [-0.4, -0.2) is 48.6 Å². The van der Waals surface area contributed by atoms with Crippen LogP contribution in [0.25, 0.3) is 0 Å². The average molecular weight is 495 g/mol. The zero-order valence-corrected chi connectivity index (χ0v) is 19.9. The van der Waals surface area contributed by atoms with Crippen molar-refractivity contribution in [1.82, 2.24) is 0 Å². The Hall–Kier alpha value is -3.88. The van der Waals surface area contributed by atoms with E-state index in [4.69, 9.17) is 29.2 Å². The van der Waals surface area contributed by atoms with Gasteiger partial charge in [0, 0.05) is 13.2 Å². The van der Waals surface area contributed by atoms with Crippen LogP contribution in [0.3, 0.4) is 0 Å². The van der Waals surface area contributed by atoms with Gasteiger partial charge in [-0.25, -0.2) is 9.59 Å². The number of unbranched alkanes of at least 4 members (excludes halogenated alkanes) is 2. The number of hydrogen-bond acceptors (Lipinski definition) is 8. The first kappa shape index (κ1) is 26.7. The van der Waals surface area contributed by atoms with Crippen LogP contribution in [0.15, 0.2) is 72.8 Å². The maximum absolute atomic E-state index is 12.4. The lowest BCUT2D eigenvalue weighted by atomic mass is 10.2. The van der Waals surface area contributed by atoms with Crippen molar-refractivity contribution >= 4 is 11.9 Å². The molecule has 0 aromatic heterocycles. The van der Waals surface area contributed by atoms with Crippen molar-refractivity contribution in [3.63, 3.8) is 0 Å². The van der Waals surface area contributed by atoms with Crippen LogP contribution in [0.4, 0.5) is 0 Å². The van der Waals surface area contributed by atoms with Crippen LogP contribution in [0.1, 0.15) is 46.4 Å². The molecule has 2 N–H and O–H groups in total. The molecule has 36 heavy (non-hydrogen) atoms. The van der Waals surface area contributed by atoms with Gasteiger partial charge in [-0.15, -0.1) is 0 Å². The van der Waals surface area contributed by atoms with Gasteiger partial charge in [0.1, 0.15) is 23.0 Å². The highest BCUT2D eigenvalue weighted by molar-refractivity contribution is 5.92. The van der Waals surface area contributed by atoms with Crippen LogP contribution in [0.5, 0.6) is 23.0 Å². The van der Waals surface area contributed by atoms with Gasteiger partial charge in [0.25, 0.3) is 0 Å². The van der Waals surface area contributed by atoms with Crippen molar-refractivity contribution in [2.24, 2.45) is 0 Å². The molecule has 190 valence electrons. The zero-order valence-electron chi connectivity index (χ0n) is 19.9. The normalized spacial score (nSPS) is 10.5. The molecular weight excluding hydrogens is 464 g/mol. The Bertz CT molecular complexity index is 988. The first-order chi connectivity index (χ1) is 17.6. The molecule has 0 unspecified atom stereocenters. The summed E-state index contributed by atoms with van der Waals surface area (Å²) in [6, 6.07) is 19.4. The topological polar surface area (TPSA) is 112 Å². The third kappa shape index (κ3) is 8.72. The molecule has 0 aliphatic heterocycles. The van der Waals surface area contributed by atoms with Crippen LogP contribution in [-0.2, 0) is 0 Å². The minimum absolute atomic E-state index is 0.134. The maximum atomic E-state index is 12.4. The summed E-state index contributed by atoms with van der Waals surface area (Å²) in [7, 11) is 0. The molecule has 8 nitrogen and oxygen atoms in total. The van der Waals surface area contributed by atoms with Gasteiger partial charge in [-0.2, -0.15) is 0 Å². The van der Waals surface area contributed by atoms with Crippen LogP contribution < -0.4 is 18.9 Å².